The molecule has 5 nitrogen and oxygen atoms in total. The van der Waals surface area contributed by atoms with Crippen LogP contribution >= 0.6 is 0 Å². The molecule has 2 N–H and O–H groups in total. The predicted molar refractivity (Wildman–Crippen MR) is 69.7 cm³/mol. The van der Waals surface area contributed by atoms with Gasteiger partial charge >= 0.3 is 6.03 Å². The van der Waals surface area contributed by atoms with Crippen LogP contribution in [0.4, 0.5) is 9.18 Å². The molecule has 19 heavy (non-hydrogen) atoms. The number of hydrogen-bond donors (Lipinski definition) is 2. The smallest absolute Gasteiger partial charge is 0.317 e. The molecule has 1 aromatic rings. The number of halogens is 1. The molecule has 0 spiro atoms. The van der Waals surface area contributed by atoms with E-state index in [9.17, 15) is 9.18 Å². The van der Waals surface area contributed by atoms with Crippen molar-refractivity contribution in [3.63, 3.8) is 0 Å². The van der Waals surface area contributed by atoms with Crippen LogP contribution in [0.2, 0.25) is 0 Å². The first-order valence-electron chi connectivity index (χ1n) is 6.38. The number of urea groups is 1. The fourth-order valence-electron chi connectivity index (χ4n) is 1.86. The first kappa shape index (κ1) is 13.6. The summed E-state index contributed by atoms with van der Waals surface area (Å²) in [6.45, 7) is 3.66. The minimum atomic E-state index is -0.393. The molecule has 0 aliphatic carbocycles. The summed E-state index contributed by atoms with van der Waals surface area (Å²) in [6, 6.07) is 6.12. The van der Waals surface area contributed by atoms with E-state index in [0.29, 0.717) is 19.6 Å². The number of carbonyl (C=O) groups is 1. The van der Waals surface area contributed by atoms with Crippen molar-refractivity contribution in [2.45, 2.75) is 0 Å². The Bertz CT molecular complexity index is 422. The number of rotatable bonds is 4. The molecule has 1 aromatic carbocycles. The van der Waals surface area contributed by atoms with Gasteiger partial charge in [-0.05, 0) is 12.1 Å². The standard InChI is InChI=1S/C13H18FN3O2/c14-11-3-1-2-4-12(11)19-10-7-16-13(18)17-8-5-15-6-9-17/h1-4,15H,5-10H2,(H,16,18). The van der Waals surface area contributed by atoms with Gasteiger partial charge in [-0.2, -0.15) is 0 Å². The molecule has 1 saturated heterocycles. The summed E-state index contributed by atoms with van der Waals surface area (Å²) in [6.07, 6.45) is 0. The quantitative estimate of drug-likeness (QED) is 0.794. The first-order valence-corrected chi connectivity index (χ1v) is 6.38. The molecule has 2 rings (SSSR count). The van der Waals surface area contributed by atoms with Gasteiger partial charge in [0.05, 0.1) is 6.54 Å². The lowest BCUT2D eigenvalue weighted by atomic mass is 10.3. The van der Waals surface area contributed by atoms with Gasteiger partial charge in [0.25, 0.3) is 0 Å². The minimum absolute atomic E-state index is 0.0985. The number of carbonyl (C=O) groups excluding carboxylic acids is 1. The molecule has 0 unspecified atom stereocenters. The second-order valence-electron chi connectivity index (χ2n) is 4.25. The van der Waals surface area contributed by atoms with Crippen molar-refractivity contribution in [2.75, 3.05) is 39.3 Å². The van der Waals surface area contributed by atoms with Gasteiger partial charge < -0.3 is 20.3 Å². The van der Waals surface area contributed by atoms with E-state index in [-0.39, 0.29) is 18.4 Å². The number of piperazine rings is 1. The summed E-state index contributed by atoms with van der Waals surface area (Å²) in [7, 11) is 0. The van der Waals surface area contributed by atoms with Crippen molar-refractivity contribution in [1.82, 2.24) is 15.5 Å². The van der Waals surface area contributed by atoms with E-state index in [2.05, 4.69) is 10.6 Å². The van der Waals surface area contributed by atoms with Crippen LogP contribution in [0.25, 0.3) is 0 Å². The number of hydrogen-bond acceptors (Lipinski definition) is 3. The molecule has 0 radical (unpaired) electrons. The van der Waals surface area contributed by atoms with Crippen LogP contribution in [0, 0.1) is 5.82 Å². The second-order valence-corrected chi connectivity index (χ2v) is 4.25. The Morgan fingerprint density at radius 2 is 2.11 bits per heavy atom. The molecule has 1 heterocycles. The van der Waals surface area contributed by atoms with Crippen LogP contribution in [0.1, 0.15) is 0 Å². The zero-order valence-corrected chi connectivity index (χ0v) is 10.7. The average Bonchev–Trinajstić information content (AvgIpc) is 2.46. The Labute approximate surface area is 111 Å². The highest BCUT2D eigenvalue weighted by Crippen LogP contribution is 2.14. The third-order valence-electron chi connectivity index (χ3n) is 2.88. The van der Waals surface area contributed by atoms with Crippen LogP contribution < -0.4 is 15.4 Å². The summed E-state index contributed by atoms with van der Waals surface area (Å²) in [5.41, 5.74) is 0. The highest BCUT2D eigenvalue weighted by atomic mass is 19.1. The Morgan fingerprint density at radius 3 is 2.84 bits per heavy atom. The molecular weight excluding hydrogens is 249 g/mol. The van der Waals surface area contributed by atoms with Gasteiger partial charge in [-0.15, -0.1) is 0 Å². The molecule has 104 valence electrons. The van der Waals surface area contributed by atoms with Crippen molar-refractivity contribution in [1.29, 1.82) is 0 Å². The lowest BCUT2D eigenvalue weighted by Crippen LogP contribution is -2.50. The summed E-state index contributed by atoms with van der Waals surface area (Å²) in [4.78, 5) is 13.5. The maximum Gasteiger partial charge on any atom is 0.317 e. The minimum Gasteiger partial charge on any atom is -0.489 e. The maximum absolute atomic E-state index is 13.2. The highest BCUT2D eigenvalue weighted by molar-refractivity contribution is 5.74. The molecule has 0 saturated carbocycles. The third kappa shape index (κ3) is 4.10. The van der Waals surface area contributed by atoms with Crippen LogP contribution in [-0.2, 0) is 0 Å². The fraction of sp³-hybridized carbons (Fsp3) is 0.462. The summed E-state index contributed by atoms with van der Waals surface area (Å²) < 4.78 is 18.5. The van der Waals surface area contributed by atoms with Gasteiger partial charge in [-0.3, -0.25) is 0 Å². The van der Waals surface area contributed by atoms with E-state index in [1.165, 1.54) is 6.07 Å². The predicted octanol–water partition coefficient (Wildman–Crippen LogP) is 0.819. The number of amides is 2. The highest BCUT2D eigenvalue weighted by Gasteiger charge is 2.15. The summed E-state index contributed by atoms with van der Waals surface area (Å²) >= 11 is 0. The van der Waals surface area contributed by atoms with Gasteiger partial charge in [-0.1, -0.05) is 12.1 Å². The summed E-state index contributed by atoms with van der Waals surface area (Å²) in [5, 5.41) is 5.93. The van der Waals surface area contributed by atoms with Gasteiger partial charge in [0, 0.05) is 26.2 Å². The molecule has 1 fully saturated rings. The molecule has 1 aliphatic heterocycles. The van der Waals surface area contributed by atoms with E-state index in [1.807, 2.05) is 0 Å². The van der Waals surface area contributed by atoms with Crippen LogP contribution in [0.15, 0.2) is 24.3 Å². The largest absolute Gasteiger partial charge is 0.489 e. The van der Waals surface area contributed by atoms with Crippen LogP contribution in [0.5, 0.6) is 5.75 Å². The van der Waals surface area contributed by atoms with Gasteiger partial charge in [0.1, 0.15) is 6.61 Å². The van der Waals surface area contributed by atoms with Gasteiger partial charge in [0.15, 0.2) is 11.6 Å². The number of ether oxygens (including phenoxy) is 1. The van der Waals surface area contributed by atoms with Crippen molar-refractivity contribution < 1.29 is 13.9 Å². The topological polar surface area (TPSA) is 53.6 Å². The van der Waals surface area contributed by atoms with Crippen molar-refractivity contribution >= 4 is 6.03 Å². The molecule has 6 heteroatoms. The molecule has 2 amide bonds. The van der Waals surface area contributed by atoms with Crippen LogP contribution in [0.3, 0.4) is 0 Å². The van der Waals surface area contributed by atoms with Crippen molar-refractivity contribution in [3.05, 3.63) is 30.1 Å². The van der Waals surface area contributed by atoms with E-state index < -0.39 is 5.82 Å². The Hall–Kier alpha value is -1.82. The Balaban J connectivity index is 1.66. The van der Waals surface area contributed by atoms with Crippen LogP contribution in [-0.4, -0.2) is 50.3 Å². The first-order chi connectivity index (χ1) is 9.27. The molecule has 0 atom stereocenters. The SMILES string of the molecule is O=C(NCCOc1ccccc1F)N1CCNCC1. The lowest BCUT2D eigenvalue weighted by Gasteiger charge is -2.27. The number of nitrogens with one attached hydrogen (secondary N) is 2. The molecule has 0 bridgehead atoms. The van der Waals surface area contributed by atoms with Gasteiger partial charge in [0.2, 0.25) is 0 Å². The maximum atomic E-state index is 13.2. The fourth-order valence-corrected chi connectivity index (χ4v) is 1.86. The van der Waals surface area contributed by atoms with E-state index in [1.54, 1.807) is 23.1 Å². The average molecular weight is 267 g/mol. The monoisotopic (exact) mass is 267 g/mol. The number of para-hydroxylation sites is 1. The van der Waals surface area contributed by atoms with E-state index in [4.69, 9.17) is 4.74 Å². The normalized spacial score (nSPS) is 15.1. The van der Waals surface area contributed by atoms with E-state index >= 15 is 0 Å². The zero-order chi connectivity index (χ0) is 13.5. The Kier molecular flexibility index (Phi) is 4.97. The Morgan fingerprint density at radius 1 is 1.37 bits per heavy atom. The zero-order valence-electron chi connectivity index (χ0n) is 10.7. The number of benzene rings is 1. The van der Waals surface area contributed by atoms with Crippen molar-refractivity contribution in [3.8, 4) is 5.75 Å². The summed E-state index contributed by atoms with van der Waals surface area (Å²) in [5.74, 6) is -0.185. The lowest BCUT2D eigenvalue weighted by molar-refractivity contribution is 0.187. The second kappa shape index (κ2) is 6.94. The molecular formula is C13H18FN3O2. The van der Waals surface area contributed by atoms with Crippen molar-refractivity contribution in [2.24, 2.45) is 0 Å². The van der Waals surface area contributed by atoms with E-state index in [0.717, 1.165) is 13.1 Å². The molecule has 0 aromatic heterocycles. The third-order valence-corrected chi connectivity index (χ3v) is 2.88. The molecule has 1 aliphatic rings. The van der Waals surface area contributed by atoms with Gasteiger partial charge in [-0.25, -0.2) is 9.18 Å². The number of nitrogens with zero attached hydrogens (tertiary/aromatic N) is 1.